The van der Waals surface area contributed by atoms with Gasteiger partial charge in [0.1, 0.15) is 24.6 Å². The maximum Gasteiger partial charge on any atom is 0.164 e. The maximum atomic E-state index is 15.0. The van der Waals surface area contributed by atoms with Crippen LogP contribution in [0.15, 0.2) is 35.7 Å². The molecule has 1 aromatic carbocycles. The van der Waals surface area contributed by atoms with Crippen molar-refractivity contribution in [2.45, 2.75) is 23.6 Å². The van der Waals surface area contributed by atoms with Gasteiger partial charge in [-0.1, -0.05) is 11.8 Å². The number of amidine groups is 1. The topological polar surface area (TPSA) is 113 Å². The molecule has 0 saturated heterocycles. The molecule has 162 valence electrons. The summed E-state index contributed by atoms with van der Waals surface area (Å²) in [7, 11) is 0. The lowest BCUT2D eigenvalue weighted by atomic mass is 9.85. The van der Waals surface area contributed by atoms with Gasteiger partial charge in [0.2, 0.25) is 0 Å². The van der Waals surface area contributed by atoms with Crippen molar-refractivity contribution in [1.29, 1.82) is 5.26 Å². The summed E-state index contributed by atoms with van der Waals surface area (Å²) in [4.78, 5) is 16.9. The Morgan fingerprint density at radius 3 is 2.84 bits per heavy atom. The second-order valence-corrected chi connectivity index (χ2v) is 9.46. The molecule has 2 aromatic heterocycles. The molecule has 5 rings (SSSR count). The standard InChI is InChI=1S/C21H16F3N7S/c1-20(15-5-21(15,8-22)32-19(26)31-20)12-3-11(4-13(23)16(12)24)30-18-17-14(28-9-29-18)2-10(6-25)7-27-17/h2-4,7,9,15H,5,8H2,1H3,(H2,26,31)(H,28,29,30)/t15-,20-,21+/m0/s1. The number of fused-ring (bicyclic) bond motifs is 2. The van der Waals surface area contributed by atoms with Gasteiger partial charge >= 0.3 is 0 Å². The number of rotatable bonds is 4. The van der Waals surface area contributed by atoms with Gasteiger partial charge in [0.25, 0.3) is 0 Å². The second kappa shape index (κ2) is 7.06. The highest BCUT2D eigenvalue weighted by Gasteiger charge is 2.66. The van der Waals surface area contributed by atoms with E-state index in [0.29, 0.717) is 23.0 Å². The van der Waals surface area contributed by atoms with E-state index in [1.165, 1.54) is 18.6 Å². The molecular formula is C21H16F3N7S. The molecule has 3 heterocycles. The summed E-state index contributed by atoms with van der Waals surface area (Å²) in [6, 6.07) is 5.97. The number of alkyl halides is 1. The van der Waals surface area contributed by atoms with Gasteiger partial charge in [-0.15, -0.1) is 0 Å². The van der Waals surface area contributed by atoms with Crippen LogP contribution in [-0.4, -0.2) is 31.5 Å². The predicted molar refractivity (Wildman–Crippen MR) is 115 cm³/mol. The van der Waals surface area contributed by atoms with Crippen molar-refractivity contribution >= 4 is 39.5 Å². The lowest BCUT2D eigenvalue weighted by Gasteiger charge is -2.33. The van der Waals surface area contributed by atoms with Gasteiger partial charge in [-0.25, -0.2) is 28.1 Å². The first kappa shape index (κ1) is 20.5. The van der Waals surface area contributed by atoms with Crippen LogP contribution in [0.25, 0.3) is 11.0 Å². The van der Waals surface area contributed by atoms with Crippen LogP contribution in [0.4, 0.5) is 24.7 Å². The fourth-order valence-corrected chi connectivity index (χ4v) is 5.66. The number of hydrogen-bond donors (Lipinski definition) is 2. The Balaban J connectivity index is 1.58. The summed E-state index contributed by atoms with van der Waals surface area (Å²) in [5.41, 5.74) is 6.03. The number of pyridine rings is 1. The molecule has 0 amide bonds. The van der Waals surface area contributed by atoms with Crippen LogP contribution in [0.5, 0.6) is 0 Å². The van der Waals surface area contributed by atoms with Crippen LogP contribution in [0.2, 0.25) is 0 Å². The molecule has 3 aromatic rings. The average Bonchev–Trinajstić information content (AvgIpc) is 3.51. The summed E-state index contributed by atoms with van der Waals surface area (Å²) in [5, 5.41) is 12.1. The summed E-state index contributed by atoms with van der Waals surface area (Å²) < 4.78 is 42.6. The van der Waals surface area contributed by atoms with E-state index >= 15 is 0 Å². The number of halogens is 3. The Hall–Kier alpha value is -3.39. The highest BCUT2D eigenvalue weighted by atomic mass is 32.2. The molecule has 2 aliphatic rings. The quantitative estimate of drug-likeness (QED) is 0.613. The largest absolute Gasteiger partial charge is 0.378 e. The number of benzene rings is 1. The van der Waals surface area contributed by atoms with Gasteiger partial charge in [-0.05, 0) is 25.5 Å². The number of hydrogen-bond acceptors (Lipinski definition) is 8. The van der Waals surface area contributed by atoms with Crippen LogP contribution in [0.1, 0.15) is 24.5 Å². The van der Waals surface area contributed by atoms with E-state index in [2.05, 4.69) is 25.3 Å². The van der Waals surface area contributed by atoms with Crippen molar-refractivity contribution in [3.8, 4) is 6.07 Å². The van der Waals surface area contributed by atoms with Gasteiger partial charge < -0.3 is 11.1 Å². The third-order valence-electron chi connectivity index (χ3n) is 6.02. The first-order valence-corrected chi connectivity index (χ1v) is 10.5. The number of thioether (sulfide) groups is 1. The number of aromatic nitrogens is 3. The van der Waals surface area contributed by atoms with Crippen molar-refractivity contribution in [1.82, 2.24) is 15.0 Å². The lowest BCUT2D eigenvalue weighted by molar-refractivity contribution is 0.357. The Morgan fingerprint density at radius 1 is 1.28 bits per heavy atom. The second-order valence-electron chi connectivity index (χ2n) is 8.03. The number of nitriles is 1. The van der Waals surface area contributed by atoms with Crippen molar-refractivity contribution < 1.29 is 13.2 Å². The third-order valence-corrected chi connectivity index (χ3v) is 7.29. The molecule has 0 bridgehead atoms. The van der Waals surface area contributed by atoms with E-state index in [0.717, 1.165) is 17.8 Å². The zero-order chi connectivity index (χ0) is 22.7. The van der Waals surface area contributed by atoms with E-state index in [4.69, 9.17) is 11.0 Å². The number of aliphatic imine (C=N–C) groups is 1. The number of anilines is 2. The van der Waals surface area contributed by atoms with E-state index in [1.54, 1.807) is 13.0 Å². The van der Waals surface area contributed by atoms with Gasteiger partial charge in [-0.2, -0.15) is 5.26 Å². The molecular weight excluding hydrogens is 439 g/mol. The monoisotopic (exact) mass is 455 g/mol. The van der Waals surface area contributed by atoms with Gasteiger partial charge in [-0.3, -0.25) is 4.99 Å². The first-order valence-electron chi connectivity index (χ1n) is 9.67. The molecule has 3 N–H and O–H groups in total. The number of nitrogens with one attached hydrogen (secondary N) is 1. The lowest BCUT2D eigenvalue weighted by Crippen LogP contribution is -2.37. The summed E-state index contributed by atoms with van der Waals surface area (Å²) in [6.45, 7) is 1.02. The highest BCUT2D eigenvalue weighted by Crippen LogP contribution is 2.66. The molecule has 11 heteroatoms. The molecule has 32 heavy (non-hydrogen) atoms. The molecule has 1 fully saturated rings. The predicted octanol–water partition coefficient (Wildman–Crippen LogP) is 3.92. The van der Waals surface area contributed by atoms with Crippen LogP contribution in [0.3, 0.4) is 0 Å². The molecule has 0 radical (unpaired) electrons. The van der Waals surface area contributed by atoms with E-state index < -0.39 is 28.6 Å². The zero-order valence-corrected chi connectivity index (χ0v) is 17.6. The minimum Gasteiger partial charge on any atom is -0.378 e. The number of nitrogens with two attached hydrogens (primary N) is 1. The van der Waals surface area contributed by atoms with E-state index in [1.807, 2.05) is 6.07 Å². The highest BCUT2D eigenvalue weighted by molar-refractivity contribution is 8.15. The van der Waals surface area contributed by atoms with Crippen LogP contribution < -0.4 is 11.1 Å². The smallest absolute Gasteiger partial charge is 0.164 e. The Morgan fingerprint density at radius 2 is 2.09 bits per heavy atom. The molecule has 3 atom stereocenters. The van der Waals surface area contributed by atoms with Crippen LogP contribution in [0, 0.1) is 28.9 Å². The molecule has 1 aliphatic heterocycles. The third kappa shape index (κ3) is 3.05. The van der Waals surface area contributed by atoms with Crippen molar-refractivity contribution in [3.63, 3.8) is 0 Å². The molecule has 1 saturated carbocycles. The average molecular weight is 455 g/mol. The van der Waals surface area contributed by atoms with E-state index in [-0.39, 0.29) is 28.2 Å². The van der Waals surface area contributed by atoms with E-state index in [9.17, 15) is 13.2 Å². The molecule has 7 nitrogen and oxygen atoms in total. The summed E-state index contributed by atoms with van der Waals surface area (Å²) in [5.74, 6) is -2.19. The molecule has 0 unspecified atom stereocenters. The maximum absolute atomic E-state index is 15.0. The Labute approximate surface area is 185 Å². The van der Waals surface area contributed by atoms with Crippen molar-refractivity contribution in [2.24, 2.45) is 16.6 Å². The Bertz CT molecular complexity index is 1340. The molecule has 1 aliphatic carbocycles. The van der Waals surface area contributed by atoms with Crippen LogP contribution >= 0.6 is 11.8 Å². The van der Waals surface area contributed by atoms with Crippen molar-refractivity contribution in [2.75, 3.05) is 12.0 Å². The summed E-state index contributed by atoms with van der Waals surface area (Å²) >= 11 is 1.15. The molecule has 0 spiro atoms. The fraction of sp³-hybridized carbons (Fsp3) is 0.286. The zero-order valence-electron chi connectivity index (χ0n) is 16.7. The minimum absolute atomic E-state index is 0.0123. The summed E-state index contributed by atoms with van der Waals surface area (Å²) in [6.07, 6.45) is 3.11. The van der Waals surface area contributed by atoms with Gasteiger partial charge in [0.05, 0.1) is 21.4 Å². The van der Waals surface area contributed by atoms with Crippen LogP contribution in [-0.2, 0) is 5.54 Å². The SMILES string of the molecule is C[C@@]1(c2cc(Nc3ncnc4cc(C#N)cnc34)cc(F)c2F)N=C(N)S[C@@]2(CF)C[C@H]21. The number of nitrogens with zero attached hydrogens (tertiary/aromatic N) is 5. The Kier molecular flexibility index (Phi) is 4.53. The van der Waals surface area contributed by atoms with Gasteiger partial charge in [0, 0.05) is 29.4 Å². The van der Waals surface area contributed by atoms with Gasteiger partial charge in [0.15, 0.2) is 22.6 Å². The van der Waals surface area contributed by atoms with Crippen molar-refractivity contribution in [3.05, 3.63) is 53.5 Å². The minimum atomic E-state index is -1.21. The normalized spacial score (nSPS) is 26.2. The fourth-order valence-electron chi connectivity index (χ4n) is 4.33. The first-order chi connectivity index (χ1) is 15.3.